The first-order valence-electron chi connectivity index (χ1n) is 5.08. The molecule has 0 saturated heterocycles. The number of anilines is 2. The van der Waals surface area contributed by atoms with Crippen molar-refractivity contribution in [3.63, 3.8) is 0 Å². The Balaban J connectivity index is 1.91. The van der Waals surface area contributed by atoms with E-state index in [-0.39, 0.29) is 11.8 Å². The van der Waals surface area contributed by atoms with Crippen LogP contribution in [0.5, 0.6) is 0 Å². The van der Waals surface area contributed by atoms with Gasteiger partial charge in [0.2, 0.25) is 5.95 Å². The Bertz CT molecular complexity index is 513. The number of hydrogen-bond donors (Lipinski definition) is 2. The van der Waals surface area contributed by atoms with Crippen LogP contribution in [0.1, 0.15) is 10.7 Å². The number of nitrogens with one attached hydrogen (secondary N) is 1. The normalized spacial score (nSPS) is 10.5. The molecule has 0 aromatic carbocycles. The lowest BCUT2D eigenvalue weighted by Crippen LogP contribution is -2.09. The van der Waals surface area contributed by atoms with Crippen LogP contribution in [-0.2, 0) is 6.42 Å². The molecular formula is C10H12FN5S. The quantitative estimate of drug-likeness (QED) is 0.865. The molecule has 0 aliphatic carbocycles. The molecule has 2 heterocycles. The highest BCUT2D eigenvalue weighted by atomic mass is 32.1. The lowest BCUT2D eigenvalue weighted by Gasteiger charge is -2.05. The molecule has 0 fully saturated rings. The number of nitrogens with zero attached hydrogens (tertiary/aromatic N) is 3. The zero-order valence-corrected chi connectivity index (χ0v) is 10.1. The van der Waals surface area contributed by atoms with Crippen molar-refractivity contribution in [2.24, 2.45) is 0 Å². The molecule has 0 bridgehead atoms. The number of hydrogen-bond acceptors (Lipinski definition) is 6. The largest absolute Gasteiger partial charge is 0.368 e. The third-order valence-electron chi connectivity index (χ3n) is 2.06. The summed E-state index contributed by atoms with van der Waals surface area (Å²) in [5.74, 6) is -0.320. The van der Waals surface area contributed by atoms with Gasteiger partial charge in [-0.2, -0.15) is 4.98 Å². The second-order valence-electron chi connectivity index (χ2n) is 3.48. The summed E-state index contributed by atoms with van der Waals surface area (Å²) < 4.78 is 13.2. The molecule has 17 heavy (non-hydrogen) atoms. The van der Waals surface area contributed by atoms with E-state index >= 15 is 0 Å². The van der Waals surface area contributed by atoms with Crippen LogP contribution < -0.4 is 11.1 Å². The third kappa shape index (κ3) is 3.10. The van der Waals surface area contributed by atoms with Crippen LogP contribution in [0, 0.1) is 12.7 Å². The fourth-order valence-electron chi connectivity index (χ4n) is 1.31. The van der Waals surface area contributed by atoms with Crippen molar-refractivity contribution in [2.45, 2.75) is 13.3 Å². The van der Waals surface area contributed by atoms with E-state index in [2.05, 4.69) is 20.3 Å². The Labute approximate surface area is 102 Å². The second kappa shape index (κ2) is 5.05. The number of nitrogen functional groups attached to an aromatic ring is 1. The van der Waals surface area contributed by atoms with Crippen molar-refractivity contribution in [1.29, 1.82) is 0 Å². The van der Waals surface area contributed by atoms with Crippen molar-refractivity contribution in [3.05, 3.63) is 28.1 Å². The standard InChI is InChI=1S/C10H12FN5S/c1-6-5-17-8(15-6)2-3-13-9-7(11)4-14-10(12)16-9/h4-5H,2-3H2,1H3,(H3,12,13,14,16). The smallest absolute Gasteiger partial charge is 0.222 e. The molecule has 0 amide bonds. The fourth-order valence-corrected chi connectivity index (χ4v) is 2.09. The Morgan fingerprint density at radius 3 is 3.00 bits per heavy atom. The van der Waals surface area contributed by atoms with E-state index in [1.165, 1.54) is 0 Å². The summed E-state index contributed by atoms with van der Waals surface area (Å²) >= 11 is 1.59. The molecule has 0 spiro atoms. The van der Waals surface area contributed by atoms with Gasteiger partial charge in [0.05, 0.1) is 11.2 Å². The summed E-state index contributed by atoms with van der Waals surface area (Å²) in [6.45, 7) is 2.50. The second-order valence-corrected chi connectivity index (χ2v) is 4.43. The van der Waals surface area contributed by atoms with Crippen LogP contribution in [0.3, 0.4) is 0 Å². The monoisotopic (exact) mass is 253 g/mol. The third-order valence-corrected chi connectivity index (χ3v) is 3.09. The predicted octanol–water partition coefficient (Wildman–Crippen LogP) is 1.62. The van der Waals surface area contributed by atoms with Gasteiger partial charge in [0, 0.05) is 24.0 Å². The van der Waals surface area contributed by atoms with Crippen molar-refractivity contribution >= 4 is 23.1 Å². The summed E-state index contributed by atoms with van der Waals surface area (Å²) in [6, 6.07) is 0. The minimum Gasteiger partial charge on any atom is -0.368 e. The average molecular weight is 253 g/mol. The van der Waals surface area contributed by atoms with Gasteiger partial charge in [-0.1, -0.05) is 0 Å². The molecule has 0 saturated carbocycles. The van der Waals surface area contributed by atoms with Gasteiger partial charge in [-0.15, -0.1) is 11.3 Å². The minimum atomic E-state index is -0.505. The van der Waals surface area contributed by atoms with Crippen molar-refractivity contribution in [3.8, 4) is 0 Å². The number of nitrogens with two attached hydrogens (primary N) is 1. The summed E-state index contributed by atoms with van der Waals surface area (Å²) in [5.41, 5.74) is 6.38. The lowest BCUT2D eigenvalue weighted by molar-refractivity contribution is 0.617. The highest BCUT2D eigenvalue weighted by Gasteiger charge is 2.05. The van der Waals surface area contributed by atoms with Gasteiger partial charge in [-0.05, 0) is 6.92 Å². The van der Waals surface area contributed by atoms with Gasteiger partial charge in [-0.25, -0.2) is 14.4 Å². The number of aryl methyl sites for hydroxylation is 1. The maximum atomic E-state index is 13.2. The van der Waals surface area contributed by atoms with Crippen LogP contribution >= 0.6 is 11.3 Å². The fraction of sp³-hybridized carbons (Fsp3) is 0.300. The van der Waals surface area contributed by atoms with Crippen LogP contribution in [0.15, 0.2) is 11.6 Å². The van der Waals surface area contributed by atoms with Gasteiger partial charge in [-0.3, -0.25) is 0 Å². The Hall–Kier alpha value is -1.76. The van der Waals surface area contributed by atoms with Gasteiger partial charge in [0.15, 0.2) is 11.6 Å². The van der Waals surface area contributed by atoms with E-state index in [1.807, 2.05) is 12.3 Å². The average Bonchev–Trinajstić information content (AvgIpc) is 2.69. The first-order chi connectivity index (χ1) is 8.15. The molecule has 0 atom stereocenters. The number of aromatic nitrogens is 3. The molecule has 0 unspecified atom stereocenters. The zero-order valence-electron chi connectivity index (χ0n) is 9.27. The van der Waals surface area contributed by atoms with E-state index < -0.39 is 5.82 Å². The maximum absolute atomic E-state index is 13.2. The highest BCUT2D eigenvalue weighted by molar-refractivity contribution is 7.09. The summed E-state index contributed by atoms with van der Waals surface area (Å²) in [4.78, 5) is 11.6. The number of thiazole rings is 1. The van der Waals surface area contributed by atoms with E-state index in [0.717, 1.165) is 23.3 Å². The Morgan fingerprint density at radius 1 is 1.47 bits per heavy atom. The van der Waals surface area contributed by atoms with Crippen LogP contribution in [-0.4, -0.2) is 21.5 Å². The van der Waals surface area contributed by atoms with E-state index in [9.17, 15) is 4.39 Å². The van der Waals surface area contributed by atoms with Crippen LogP contribution in [0.25, 0.3) is 0 Å². The molecule has 7 heteroatoms. The molecule has 2 rings (SSSR count). The van der Waals surface area contributed by atoms with Crippen LogP contribution in [0.2, 0.25) is 0 Å². The Morgan fingerprint density at radius 2 is 2.29 bits per heavy atom. The van der Waals surface area contributed by atoms with Gasteiger partial charge in [0.1, 0.15) is 0 Å². The molecule has 0 aliphatic heterocycles. The number of halogens is 1. The van der Waals surface area contributed by atoms with Crippen LogP contribution in [0.4, 0.5) is 16.2 Å². The van der Waals surface area contributed by atoms with Gasteiger partial charge >= 0.3 is 0 Å². The molecule has 0 radical (unpaired) electrons. The predicted molar refractivity (Wildman–Crippen MR) is 65.4 cm³/mol. The summed E-state index contributed by atoms with van der Waals surface area (Å²) in [7, 11) is 0. The highest BCUT2D eigenvalue weighted by Crippen LogP contribution is 2.12. The molecular weight excluding hydrogens is 241 g/mol. The zero-order chi connectivity index (χ0) is 12.3. The maximum Gasteiger partial charge on any atom is 0.222 e. The molecule has 5 nitrogen and oxygen atoms in total. The summed E-state index contributed by atoms with van der Waals surface area (Å²) in [6.07, 6.45) is 1.78. The van der Waals surface area contributed by atoms with E-state index in [4.69, 9.17) is 5.73 Å². The lowest BCUT2D eigenvalue weighted by atomic mass is 10.4. The first-order valence-corrected chi connectivity index (χ1v) is 5.96. The minimum absolute atomic E-state index is 0.0546. The molecule has 2 aromatic heterocycles. The van der Waals surface area contributed by atoms with Gasteiger partial charge < -0.3 is 11.1 Å². The molecule has 90 valence electrons. The first kappa shape index (κ1) is 11.7. The number of rotatable bonds is 4. The van der Waals surface area contributed by atoms with E-state index in [0.29, 0.717) is 6.54 Å². The van der Waals surface area contributed by atoms with Crippen molar-refractivity contribution < 1.29 is 4.39 Å². The molecule has 2 aromatic rings. The molecule has 0 aliphatic rings. The van der Waals surface area contributed by atoms with Crippen molar-refractivity contribution in [1.82, 2.24) is 15.0 Å². The van der Waals surface area contributed by atoms with Crippen molar-refractivity contribution in [2.75, 3.05) is 17.6 Å². The van der Waals surface area contributed by atoms with Gasteiger partial charge in [0.25, 0.3) is 0 Å². The molecule has 3 N–H and O–H groups in total. The topological polar surface area (TPSA) is 76.7 Å². The van der Waals surface area contributed by atoms with E-state index in [1.54, 1.807) is 11.3 Å². The summed E-state index contributed by atoms with van der Waals surface area (Å²) in [5, 5.41) is 5.87. The Kier molecular flexibility index (Phi) is 3.48. The SMILES string of the molecule is Cc1csc(CCNc2nc(N)ncc2F)n1.